The van der Waals surface area contributed by atoms with Crippen LogP contribution in [0.5, 0.6) is 5.75 Å². The van der Waals surface area contributed by atoms with Crippen LogP contribution in [0.2, 0.25) is 0 Å². The molecular weight excluding hydrogens is 373 g/mol. The van der Waals surface area contributed by atoms with Gasteiger partial charge in [-0.25, -0.2) is 14.4 Å². The monoisotopic (exact) mass is 393 g/mol. The summed E-state index contributed by atoms with van der Waals surface area (Å²) in [5, 5.41) is 4.42. The standard InChI is InChI=1S/C22H20FN3OS/c1-13-19(15-8-10-17(23)11-9-15)20-21(25-14(2)26-22(20)28-13)24-12-16-6-4-5-7-18(16)27-3/h4-11H,12H2,1-3H3,(H,24,25,26). The fourth-order valence-corrected chi connectivity index (χ4v) is 4.43. The molecule has 2 heterocycles. The van der Waals surface area contributed by atoms with Crippen molar-refractivity contribution in [3.8, 4) is 16.9 Å². The lowest BCUT2D eigenvalue weighted by molar-refractivity contribution is 0.410. The first kappa shape index (κ1) is 18.4. The third-order valence-electron chi connectivity index (χ3n) is 4.61. The van der Waals surface area contributed by atoms with Crippen LogP contribution >= 0.6 is 11.3 Å². The molecule has 142 valence electrons. The molecular formula is C22H20FN3OS. The van der Waals surface area contributed by atoms with Gasteiger partial charge in [0.15, 0.2) is 0 Å². The van der Waals surface area contributed by atoms with Crippen molar-refractivity contribution in [2.24, 2.45) is 0 Å². The van der Waals surface area contributed by atoms with E-state index in [2.05, 4.69) is 22.2 Å². The number of ether oxygens (including phenoxy) is 1. The van der Waals surface area contributed by atoms with Gasteiger partial charge in [0.25, 0.3) is 0 Å². The van der Waals surface area contributed by atoms with E-state index in [-0.39, 0.29) is 5.82 Å². The van der Waals surface area contributed by atoms with Crippen LogP contribution in [-0.2, 0) is 6.54 Å². The van der Waals surface area contributed by atoms with Crippen molar-refractivity contribution in [2.75, 3.05) is 12.4 Å². The molecule has 0 saturated carbocycles. The van der Waals surface area contributed by atoms with Crippen molar-refractivity contribution < 1.29 is 9.13 Å². The van der Waals surface area contributed by atoms with E-state index in [0.717, 1.165) is 43.4 Å². The maximum absolute atomic E-state index is 13.4. The van der Waals surface area contributed by atoms with Gasteiger partial charge in [-0.15, -0.1) is 11.3 Å². The molecule has 4 rings (SSSR count). The van der Waals surface area contributed by atoms with Crippen LogP contribution in [-0.4, -0.2) is 17.1 Å². The van der Waals surface area contributed by atoms with Crippen LogP contribution in [0.4, 0.5) is 10.2 Å². The average molecular weight is 393 g/mol. The highest BCUT2D eigenvalue weighted by molar-refractivity contribution is 7.19. The number of nitrogens with one attached hydrogen (secondary N) is 1. The summed E-state index contributed by atoms with van der Waals surface area (Å²) < 4.78 is 18.9. The summed E-state index contributed by atoms with van der Waals surface area (Å²) in [5.74, 6) is 2.07. The molecule has 2 aromatic heterocycles. The minimum absolute atomic E-state index is 0.248. The maximum atomic E-state index is 13.4. The number of halogens is 1. The summed E-state index contributed by atoms with van der Waals surface area (Å²) in [4.78, 5) is 11.3. The number of benzene rings is 2. The Bertz CT molecular complexity index is 1140. The predicted molar refractivity (Wildman–Crippen MR) is 113 cm³/mol. The molecule has 4 aromatic rings. The van der Waals surface area contributed by atoms with E-state index < -0.39 is 0 Å². The van der Waals surface area contributed by atoms with Gasteiger partial charge in [0.1, 0.15) is 28.0 Å². The fourth-order valence-electron chi connectivity index (χ4n) is 3.34. The van der Waals surface area contributed by atoms with E-state index in [1.807, 2.05) is 31.2 Å². The third-order valence-corrected chi connectivity index (χ3v) is 5.61. The van der Waals surface area contributed by atoms with Crippen molar-refractivity contribution in [2.45, 2.75) is 20.4 Å². The molecule has 6 heteroatoms. The normalized spacial score (nSPS) is 11.0. The number of methoxy groups -OCH3 is 1. The fraction of sp³-hybridized carbons (Fsp3) is 0.182. The van der Waals surface area contributed by atoms with Crippen molar-refractivity contribution in [1.82, 2.24) is 9.97 Å². The van der Waals surface area contributed by atoms with Gasteiger partial charge < -0.3 is 10.1 Å². The Balaban J connectivity index is 1.80. The number of hydrogen-bond donors (Lipinski definition) is 1. The average Bonchev–Trinajstić information content (AvgIpc) is 3.02. The van der Waals surface area contributed by atoms with E-state index >= 15 is 0 Å². The van der Waals surface area contributed by atoms with Gasteiger partial charge in [-0.1, -0.05) is 30.3 Å². The second kappa shape index (κ2) is 7.56. The van der Waals surface area contributed by atoms with Crippen molar-refractivity contribution in [1.29, 1.82) is 0 Å². The van der Waals surface area contributed by atoms with Gasteiger partial charge >= 0.3 is 0 Å². The highest BCUT2D eigenvalue weighted by Gasteiger charge is 2.18. The first-order valence-electron chi connectivity index (χ1n) is 8.96. The van der Waals surface area contributed by atoms with E-state index in [1.54, 1.807) is 30.6 Å². The molecule has 0 atom stereocenters. The quantitative estimate of drug-likeness (QED) is 0.470. The first-order chi connectivity index (χ1) is 13.6. The zero-order valence-corrected chi connectivity index (χ0v) is 16.7. The summed E-state index contributed by atoms with van der Waals surface area (Å²) in [6.07, 6.45) is 0. The molecule has 0 radical (unpaired) electrons. The molecule has 0 bridgehead atoms. The minimum Gasteiger partial charge on any atom is -0.496 e. The van der Waals surface area contributed by atoms with E-state index in [1.165, 1.54) is 12.1 Å². The molecule has 0 spiro atoms. The first-order valence-corrected chi connectivity index (χ1v) is 9.78. The summed E-state index contributed by atoms with van der Waals surface area (Å²) >= 11 is 1.63. The number of fused-ring (bicyclic) bond motifs is 1. The van der Waals surface area contributed by atoms with Crippen LogP contribution in [0.15, 0.2) is 48.5 Å². The van der Waals surface area contributed by atoms with Gasteiger partial charge in [-0.05, 0) is 37.6 Å². The highest BCUT2D eigenvalue weighted by atomic mass is 32.1. The van der Waals surface area contributed by atoms with Crippen molar-refractivity contribution in [3.63, 3.8) is 0 Å². The van der Waals surface area contributed by atoms with Crippen molar-refractivity contribution in [3.05, 3.63) is 70.6 Å². The number of thiophene rings is 1. The Morgan fingerprint density at radius 1 is 1.04 bits per heavy atom. The summed E-state index contributed by atoms with van der Waals surface area (Å²) in [6, 6.07) is 14.5. The molecule has 28 heavy (non-hydrogen) atoms. The second-order valence-electron chi connectivity index (χ2n) is 6.51. The van der Waals surface area contributed by atoms with Gasteiger partial charge in [0.2, 0.25) is 0 Å². The van der Waals surface area contributed by atoms with Gasteiger partial charge in [0.05, 0.1) is 12.5 Å². The zero-order valence-electron chi connectivity index (χ0n) is 15.9. The Kier molecular flexibility index (Phi) is 4.96. The largest absolute Gasteiger partial charge is 0.496 e. The number of hydrogen-bond acceptors (Lipinski definition) is 5. The van der Waals surface area contributed by atoms with Crippen molar-refractivity contribution >= 4 is 27.4 Å². The molecule has 0 amide bonds. The van der Waals surface area contributed by atoms with Gasteiger partial charge in [0, 0.05) is 22.5 Å². The predicted octanol–water partition coefficient (Wildman–Crippen LogP) is 5.73. The van der Waals surface area contributed by atoms with Gasteiger partial charge in [-0.2, -0.15) is 0 Å². The van der Waals surface area contributed by atoms with E-state index in [0.29, 0.717) is 12.4 Å². The number of aromatic nitrogens is 2. The SMILES string of the molecule is COc1ccccc1CNc1nc(C)nc2sc(C)c(-c3ccc(F)cc3)c12. The Morgan fingerprint density at radius 2 is 1.79 bits per heavy atom. The van der Waals surface area contributed by atoms with Crippen LogP contribution in [0.25, 0.3) is 21.3 Å². The maximum Gasteiger partial charge on any atom is 0.139 e. The minimum atomic E-state index is -0.248. The molecule has 0 aliphatic carbocycles. The molecule has 0 unspecified atom stereocenters. The second-order valence-corrected chi connectivity index (χ2v) is 7.71. The Labute approximate surface area is 167 Å². The molecule has 4 nitrogen and oxygen atoms in total. The smallest absolute Gasteiger partial charge is 0.139 e. The molecule has 0 aliphatic rings. The summed E-state index contributed by atoms with van der Waals surface area (Å²) in [7, 11) is 1.67. The molecule has 0 fully saturated rings. The molecule has 0 aliphatic heterocycles. The van der Waals surface area contributed by atoms with Crippen LogP contribution in [0.3, 0.4) is 0 Å². The van der Waals surface area contributed by atoms with Gasteiger partial charge in [-0.3, -0.25) is 0 Å². The lowest BCUT2D eigenvalue weighted by atomic mass is 10.0. The van der Waals surface area contributed by atoms with Crippen LogP contribution in [0, 0.1) is 19.7 Å². The van der Waals surface area contributed by atoms with Crippen LogP contribution < -0.4 is 10.1 Å². The Morgan fingerprint density at radius 3 is 2.54 bits per heavy atom. The third kappa shape index (κ3) is 3.43. The van der Waals surface area contributed by atoms with Crippen LogP contribution in [0.1, 0.15) is 16.3 Å². The molecule has 2 aromatic carbocycles. The lowest BCUT2D eigenvalue weighted by Gasteiger charge is -2.12. The zero-order chi connectivity index (χ0) is 19.7. The number of para-hydroxylation sites is 1. The number of aryl methyl sites for hydroxylation is 2. The topological polar surface area (TPSA) is 47.0 Å². The summed E-state index contributed by atoms with van der Waals surface area (Å²) in [6.45, 7) is 4.53. The molecule has 1 N–H and O–H groups in total. The molecule has 0 saturated heterocycles. The summed E-state index contributed by atoms with van der Waals surface area (Å²) in [5.41, 5.74) is 3.05. The van der Waals surface area contributed by atoms with E-state index in [4.69, 9.17) is 4.74 Å². The van der Waals surface area contributed by atoms with E-state index in [9.17, 15) is 4.39 Å². The Hall–Kier alpha value is -2.99. The lowest BCUT2D eigenvalue weighted by Crippen LogP contribution is -2.05. The number of nitrogens with zero attached hydrogens (tertiary/aromatic N) is 2. The highest BCUT2D eigenvalue weighted by Crippen LogP contribution is 2.41. The number of rotatable bonds is 5. The number of anilines is 1.